The molecule has 0 radical (unpaired) electrons. The van der Waals surface area contributed by atoms with E-state index in [0.29, 0.717) is 4.48 Å². The molecule has 0 aromatic rings. The van der Waals surface area contributed by atoms with Gasteiger partial charge in [-0.3, -0.25) is 0 Å². The van der Waals surface area contributed by atoms with Gasteiger partial charge in [0.25, 0.3) is 0 Å². The second-order valence-electron chi connectivity index (χ2n) is 10.1. The van der Waals surface area contributed by atoms with Crippen LogP contribution in [0.4, 0.5) is 0 Å². The quantitative estimate of drug-likeness (QED) is 0.0768. The zero-order valence-electron chi connectivity index (χ0n) is 21.1. The highest BCUT2D eigenvalue weighted by atomic mass is 31.1. The van der Waals surface area contributed by atoms with Crippen LogP contribution in [-0.4, -0.2) is 30.9 Å². The van der Waals surface area contributed by atoms with Crippen LogP contribution >= 0.6 is 7.68 Å². The molecule has 30 heavy (non-hydrogen) atoms. The minimum absolute atomic E-state index is 0.524. The number of nitrogens with zero attached hydrogens (tertiary/aromatic N) is 1. The van der Waals surface area contributed by atoms with Crippen molar-refractivity contribution in [2.75, 3.05) is 21.1 Å². The van der Waals surface area contributed by atoms with Gasteiger partial charge in [-0.05, 0) is 32.6 Å². The first-order valence-electron chi connectivity index (χ1n) is 12.9. The molecule has 0 amide bonds. The number of allylic oxidation sites excluding steroid dienone is 2. The van der Waals surface area contributed by atoms with E-state index in [2.05, 4.69) is 26.0 Å². The minimum atomic E-state index is -2.42. The van der Waals surface area contributed by atoms with Crippen LogP contribution in [0.15, 0.2) is 12.2 Å². The fourth-order valence-electron chi connectivity index (χ4n) is 4.58. The Balaban J connectivity index is 3.65. The summed E-state index contributed by atoms with van der Waals surface area (Å²) < 4.78 is 24.7. The van der Waals surface area contributed by atoms with Crippen LogP contribution in [0.3, 0.4) is 0 Å². The molecule has 3 nitrogen and oxygen atoms in total. The van der Waals surface area contributed by atoms with Crippen LogP contribution < -0.4 is 0 Å². The Kier molecular flexibility index (Phi) is 18.0. The Hall–Kier alpha value is -0.400. The number of quaternary nitrogens is 1. The average molecular weight is 443 g/mol. The van der Waals surface area contributed by atoms with Gasteiger partial charge >= 0.3 is 7.68 Å². The van der Waals surface area contributed by atoms with Gasteiger partial charge in [-0.25, -0.2) is 9.13 Å². The lowest BCUT2D eigenvalue weighted by Crippen LogP contribution is -2.53. The summed E-state index contributed by atoms with van der Waals surface area (Å²) in [6, 6.07) is 0. The van der Waals surface area contributed by atoms with E-state index in [1.807, 2.05) is 21.1 Å². The van der Waals surface area contributed by atoms with Crippen LogP contribution in [0.5, 0.6) is 0 Å². The predicted octanol–water partition coefficient (Wildman–Crippen LogP) is 9.18. The van der Waals surface area contributed by atoms with Gasteiger partial charge in [-0.15, -0.1) is 0 Å². The smallest absolute Gasteiger partial charge is 0.314 e. The highest BCUT2D eigenvalue weighted by molar-refractivity contribution is 7.32. The number of hydrogen-bond donors (Lipinski definition) is 0. The van der Waals surface area contributed by atoms with Gasteiger partial charge < -0.3 is 4.48 Å². The van der Waals surface area contributed by atoms with Gasteiger partial charge in [0.05, 0.1) is 21.1 Å². The Labute approximate surface area is 189 Å². The Morgan fingerprint density at radius 3 is 1.40 bits per heavy atom. The Bertz CT molecular complexity index is 486. The van der Waals surface area contributed by atoms with Crippen LogP contribution in [0.25, 0.3) is 0 Å². The second-order valence-corrected chi connectivity index (χ2v) is 11.4. The lowest BCUT2D eigenvalue weighted by atomic mass is 9.99. The molecule has 0 aromatic carbocycles. The van der Waals surface area contributed by atoms with Crippen molar-refractivity contribution in [2.45, 2.75) is 135 Å². The summed E-state index contributed by atoms with van der Waals surface area (Å²) in [4.78, 5) is 0. The largest absolute Gasteiger partial charge is 0.378 e. The van der Waals surface area contributed by atoms with E-state index in [9.17, 15) is 9.13 Å². The van der Waals surface area contributed by atoms with Crippen molar-refractivity contribution < 1.29 is 13.6 Å². The fourth-order valence-corrected chi connectivity index (χ4v) is 5.82. The molecule has 4 heteroatoms. The van der Waals surface area contributed by atoms with E-state index in [-0.39, 0.29) is 0 Å². The molecule has 0 aliphatic carbocycles. The summed E-state index contributed by atoms with van der Waals surface area (Å²) >= 11 is 0. The van der Waals surface area contributed by atoms with E-state index in [4.69, 9.17) is 0 Å². The molecular formula is C26H53NO2P+. The maximum atomic E-state index is 12.1. The van der Waals surface area contributed by atoms with Crippen LogP contribution in [-0.2, 0) is 9.13 Å². The summed E-state index contributed by atoms with van der Waals surface area (Å²) in [6.45, 7) is 4.20. The SMILES string of the molecule is CC=CCCCCCCCCCCCCCCCCC(CCC)(P(=O)=O)[N+](C)(C)C. The third-order valence-electron chi connectivity index (χ3n) is 6.67. The molecule has 0 aromatic heterocycles. The van der Waals surface area contributed by atoms with E-state index in [0.717, 1.165) is 25.7 Å². The molecule has 1 unspecified atom stereocenters. The maximum Gasteiger partial charge on any atom is 0.378 e. The summed E-state index contributed by atoms with van der Waals surface area (Å²) in [5.41, 5.74) is 0. The standard InChI is InChI=1S/C26H53NO2P/c1-6-8-9-10-11-12-13-14-15-16-17-18-19-20-21-22-23-25-26(24-7-2,30(28)29)27(3,4)5/h6,8H,7,9-25H2,1-5H3/q+1. The predicted molar refractivity (Wildman–Crippen MR) is 133 cm³/mol. The lowest BCUT2D eigenvalue weighted by molar-refractivity contribution is -0.908. The van der Waals surface area contributed by atoms with Crippen molar-refractivity contribution in [2.24, 2.45) is 0 Å². The first kappa shape index (κ1) is 29.6. The number of hydrogen-bond acceptors (Lipinski definition) is 2. The van der Waals surface area contributed by atoms with E-state index in [1.165, 1.54) is 89.9 Å². The van der Waals surface area contributed by atoms with Crippen molar-refractivity contribution >= 4 is 7.68 Å². The molecule has 178 valence electrons. The van der Waals surface area contributed by atoms with Gasteiger partial charge in [0.1, 0.15) is 0 Å². The highest BCUT2D eigenvalue weighted by Crippen LogP contribution is 2.44. The molecule has 1 atom stereocenters. The molecule has 0 N–H and O–H groups in total. The second kappa shape index (κ2) is 18.2. The monoisotopic (exact) mass is 442 g/mol. The molecular weight excluding hydrogens is 389 g/mol. The molecule has 0 aliphatic heterocycles. The summed E-state index contributed by atoms with van der Waals surface area (Å²) in [5, 5.41) is -0.587. The molecule has 0 spiro atoms. The Morgan fingerprint density at radius 2 is 1.07 bits per heavy atom. The summed E-state index contributed by atoms with van der Waals surface area (Å²) in [6.07, 6.45) is 26.8. The van der Waals surface area contributed by atoms with Gasteiger partial charge in [0, 0.05) is 12.8 Å². The van der Waals surface area contributed by atoms with Gasteiger partial charge in [-0.1, -0.05) is 96.1 Å². The fraction of sp³-hybridized carbons (Fsp3) is 0.923. The molecule has 0 saturated carbocycles. The molecule has 0 aliphatic rings. The first-order chi connectivity index (χ1) is 14.3. The van der Waals surface area contributed by atoms with Crippen molar-refractivity contribution in [3.8, 4) is 0 Å². The molecule has 0 bridgehead atoms. The van der Waals surface area contributed by atoms with Gasteiger partial charge in [0.2, 0.25) is 5.28 Å². The summed E-state index contributed by atoms with van der Waals surface area (Å²) in [7, 11) is 3.68. The van der Waals surface area contributed by atoms with Crippen molar-refractivity contribution in [3.63, 3.8) is 0 Å². The van der Waals surface area contributed by atoms with E-state index >= 15 is 0 Å². The third kappa shape index (κ3) is 13.1. The van der Waals surface area contributed by atoms with E-state index < -0.39 is 13.0 Å². The zero-order valence-corrected chi connectivity index (χ0v) is 22.0. The highest BCUT2D eigenvalue weighted by Gasteiger charge is 2.47. The van der Waals surface area contributed by atoms with Crippen LogP contribution in [0.1, 0.15) is 129 Å². The van der Waals surface area contributed by atoms with E-state index in [1.54, 1.807) is 0 Å². The number of rotatable bonds is 21. The molecule has 0 heterocycles. The van der Waals surface area contributed by atoms with Crippen molar-refractivity contribution in [1.82, 2.24) is 0 Å². The van der Waals surface area contributed by atoms with Gasteiger partial charge in [-0.2, -0.15) is 0 Å². The third-order valence-corrected chi connectivity index (χ3v) is 8.40. The minimum Gasteiger partial charge on any atom is -0.314 e. The number of unbranched alkanes of at least 4 members (excludes halogenated alkanes) is 14. The van der Waals surface area contributed by atoms with Crippen LogP contribution in [0, 0.1) is 0 Å². The molecule has 0 fully saturated rings. The average Bonchev–Trinajstić information content (AvgIpc) is 2.68. The topological polar surface area (TPSA) is 34.1 Å². The van der Waals surface area contributed by atoms with Crippen LogP contribution in [0.2, 0.25) is 0 Å². The summed E-state index contributed by atoms with van der Waals surface area (Å²) in [5.74, 6) is 0. The first-order valence-corrected chi connectivity index (χ1v) is 14.1. The van der Waals surface area contributed by atoms with Gasteiger partial charge in [0.15, 0.2) is 0 Å². The maximum absolute atomic E-state index is 12.1. The molecule has 0 rings (SSSR count). The molecule has 0 saturated heterocycles. The Morgan fingerprint density at radius 1 is 0.667 bits per heavy atom. The normalized spacial score (nSPS) is 14.3. The lowest BCUT2D eigenvalue weighted by Gasteiger charge is -2.41. The van der Waals surface area contributed by atoms with Crippen molar-refractivity contribution in [1.29, 1.82) is 0 Å². The zero-order chi connectivity index (χ0) is 22.7. The van der Waals surface area contributed by atoms with Crippen molar-refractivity contribution in [3.05, 3.63) is 12.2 Å².